The molecule has 0 saturated carbocycles. The Morgan fingerprint density at radius 1 is 1.47 bits per heavy atom. The molecule has 0 radical (unpaired) electrons. The summed E-state index contributed by atoms with van der Waals surface area (Å²) in [6.07, 6.45) is 1.79. The molecule has 5 heteroatoms. The van der Waals surface area contributed by atoms with Crippen molar-refractivity contribution < 1.29 is 4.79 Å². The van der Waals surface area contributed by atoms with Gasteiger partial charge in [0, 0.05) is 12.1 Å². The van der Waals surface area contributed by atoms with Crippen molar-refractivity contribution in [3.05, 3.63) is 24.0 Å². The molecular weight excluding hydrogens is 216 g/mol. The highest BCUT2D eigenvalue weighted by Gasteiger charge is 2.11. The number of primary amides is 1. The Hall–Kier alpha value is -2.04. The first-order valence-electron chi connectivity index (χ1n) is 5.64. The number of hydrogen-bond donors (Lipinski definition) is 2. The van der Waals surface area contributed by atoms with Crippen LogP contribution in [-0.4, -0.2) is 15.5 Å². The maximum atomic E-state index is 11.1. The average molecular weight is 232 g/mol. The van der Waals surface area contributed by atoms with Gasteiger partial charge in [0.15, 0.2) is 0 Å². The Labute approximate surface area is 99.4 Å². The van der Waals surface area contributed by atoms with Crippen LogP contribution in [0.5, 0.6) is 0 Å². The molecule has 0 aliphatic carbocycles. The quantitative estimate of drug-likeness (QED) is 0.772. The summed E-state index contributed by atoms with van der Waals surface area (Å²) in [6.45, 7) is 2.23. The molecule has 1 aromatic carbocycles. The van der Waals surface area contributed by atoms with Crippen molar-refractivity contribution >= 4 is 22.6 Å². The average Bonchev–Trinajstić information content (AvgIpc) is 2.56. The molecule has 0 aliphatic heterocycles. The summed E-state index contributed by atoms with van der Waals surface area (Å²) in [5, 5.41) is 0. The van der Waals surface area contributed by atoms with Gasteiger partial charge in [-0.1, -0.05) is 6.92 Å². The molecule has 1 heterocycles. The van der Waals surface area contributed by atoms with E-state index in [1.54, 1.807) is 6.07 Å². The zero-order chi connectivity index (χ0) is 12.4. The normalized spacial score (nSPS) is 10.9. The molecule has 1 aromatic heterocycles. The molecule has 1 amide bonds. The van der Waals surface area contributed by atoms with Gasteiger partial charge in [0.05, 0.1) is 11.0 Å². The predicted octanol–water partition coefficient (Wildman–Crippen LogP) is 1.06. The van der Waals surface area contributed by atoms with Crippen LogP contribution in [0.25, 0.3) is 11.0 Å². The number of nitrogen functional groups attached to an aromatic ring is 1. The lowest BCUT2D eigenvalue weighted by Crippen LogP contribution is -2.20. The molecule has 0 spiro atoms. The maximum absolute atomic E-state index is 11.1. The summed E-state index contributed by atoms with van der Waals surface area (Å²) in [7, 11) is 0. The minimum absolute atomic E-state index is 0.162. The number of benzene rings is 1. The van der Waals surface area contributed by atoms with Crippen LogP contribution >= 0.6 is 0 Å². The number of aryl methyl sites for hydroxylation is 1. The largest absolute Gasteiger partial charge is 0.399 e. The highest BCUT2D eigenvalue weighted by molar-refractivity contribution is 5.82. The third-order valence-electron chi connectivity index (χ3n) is 2.64. The highest BCUT2D eigenvalue weighted by atomic mass is 16.1. The van der Waals surface area contributed by atoms with Gasteiger partial charge < -0.3 is 16.0 Å². The van der Waals surface area contributed by atoms with Gasteiger partial charge in [-0.15, -0.1) is 0 Å². The van der Waals surface area contributed by atoms with Gasteiger partial charge in [-0.25, -0.2) is 4.98 Å². The van der Waals surface area contributed by atoms with Gasteiger partial charge in [0.25, 0.3) is 0 Å². The highest BCUT2D eigenvalue weighted by Crippen LogP contribution is 2.19. The summed E-state index contributed by atoms with van der Waals surface area (Å²) >= 11 is 0. The van der Waals surface area contributed by atoms with E-state index >= 15 is 0 Å². The second-order valence-corrected chi connectivity index (χ2v) is 4.08. The Kier molecular flexibility index (Phi) is 2.99. The van der Waals surface area contributed by atoms with Crippen molar-refractivity contribution in [2.24, 2.45) is 5.73 Å². The van der Waals surface area contributed by atoms with Crippen LogP contribution in [0.3, 0.4) is 0 Å². The summed E-state index contributed by atoms with van der Waals surface area (Å²) in [5.41, 5.74) is 13.4. The molecule has 0 bridgehead atoms. The van der Waals surface area contributed by atoms with Crippen molar-refractivity contribution in [3.8, 4) is 0 Å². The van der Waals surface area contributed by atoms with Gasteiger partial charge in [-0.3, -0.25) is 4.79 Å². The van der Waals surface area contributed by atoms with E-state index in [1.807, 2.05) is 16.7 Å². The molecule has 2 rings (SSSR count). The fraction of sp³-hybridized carbons (Fsp3) is 0.333. The second-order valence-electron chi connectivity index (χ2n) is 4.08. The smallest absolute Gasteiger partial charge is 0.237 e. The Morgan fingerprint density at radius 2 is 2.24 bits per heavy atom. The summed E-state index contributed by atoms with van der Waals surface area (Å²) in [5.74, 6) is 0.519. The lowest BCUT2D eigenvalue weighted by Gasteiger charge is -2.05. The van der Waals surface area contributed by atoms with Gasteiger partial charge in [0.2, 0.25) is 5.91 Å². The molecule has 4 N–H and O–H groups in total. The molecule has 0 unspecified atom stereocenters. The monoisotopic (exact) mass is 232 g/mol. The first kappa shape index (κ1) is 11.4. The number of hydrogen-bond acceptors (Lipinski definition) is 3. The number of nitrogens with two attached hydrogens (primary N) is 2. The van der Waals surface area contributed by atoms with Crippen LogP contribution < -0.4 is 11.5 Å². The molecule has 0 atom stereocenters. The topological polar surface area (TPSA) is 86.9 Å². The number of imidazole rings is 1. The van der Waals surface area contributed by atoms with E-state index in [-0.39, 0.29) is 12.5 Å². The zero-order valence-electron chi connectivity index (χ0n) is 9.81. The Morgan fingerprint density at radius 3 is 2.88 bits per heavy atom. The number of fused-ring (bicyclic) bond motifs is 1. The summed E-state index contributed by atoms with van der Waals surface area (Å²) < 4.78 is 1.86. The number of amides is 1. The van der Waals surface area contributed by atoms with Crippen molar-refractivity contribution in [1.82, 2.24) is 9.55 Å². The number of carbonyl (C=O) groups excluding carboxylic acids is 1. The lowest BCUT2D eigenvalue weighted by molar-refractivity contribution is -0.118. The van der Waals surface area contributed by atoms with E-state index in [4.69, 9.17) is 11.5 Å². The first-order valence-corrected chi connectivity index (χ1v) is 5.64. The maximum Gasteiger partial charge on any atom is 0.237 e. The number of nitrogens with zero attached hydrogens (tertiary/aromatic N) is 2. The van der Waals surface area contributed by atoms with Crippen molar-refractivity contribution in [2.75, 3.05) is 5.73 Å². The van der Waals surface area contributed by atoms with Gasteiger partial charge >= 0.3 is 0 Å². The zero-order valence-corrected chi connectivity index (χ0v) is 9.81. The summed E-state index contributed by atoms with van der Waals surface area (Å²) in [6, 6.07) is 5.49. The molecule has 17 heavy (non-hydrogen) atoms. The van der Waals surface area contributed by atoms with Crippen molar-refractivity contribution in [1.29, 1.82) is 0 Å². The van der Waals surface area contributed by atoms with Gasteiger partial charge in [0.1, 0.15) is 12.4 Å². The Bertz CT molecular complexity index is 559. The molecule has 0 saturated heterocycles. The van der Waals surface area contributed by atoms with E-state index in [0.717, 1.165) is 29.7 Å². The Balaban J connectivity index is 2.57. The van der Waals surface area contributed by atoms with Crippen molar-refractivity contribution in [3.63, 3.8) is 0 Å². The van der Waals surface area contributed by atoms with Crippen LogP contribution in [0, 0.1) is 0 Å². The molecular formula is C12H16N4O. The molecule has 90 valence electrons. The number of aromatic nitrogens is 2. The summed E-state index contributed by atoms with van der Waals surface area (Å²) in [4.78, 5) is 15.6. The third-order valence-corrected chi connectivity index (χ3v) is 2.64. The van der Waals surface area contributed by atoms with Crippen LogP contribution in [0.4, 0.5) is 5.69 Å². The van der Waals surface area contributed by atoms with Crippen LogP contribution in [0.1, 0.15) is 19.2 Å². The number of anilines is 1. The third kappa shape index (κ3) is 2.22. The fourth-order valence-electron chi connectivity index (χ4n) is 1.94. The second kappa shape index (κ2) is 4.45. The van der Waals surface area contributed by atoms with E-state index in [2.05, 4.69) is 11.9 Å². The minimum Gasteiger partial charge on any atom is -0.399 e. The van der Waals surface area contributed by atoms with Crippen LogP contribution in [0.15, 0.2) is 18.2 Å². The van der Waals surface area contributed by atoms with E-state index in [9.17, 15) is 4.79 Å². The van der Waals surface area contributed by atoms with Crippen LogP contribution in [-0.2, 0) is 17.8 Å². The molecule has 2 aromatic rings. The molecule has 5 nitrogen and oxygen atoms in total. The van der Waals surface area contributed by atoms with E-state index in [1.165, 1.54) is 0 Å². The predicted molar refractivity (Wildman–Crippen MR) is 67.3 cm³/mol. The molecule has 0 fully saturated rings. The lowest BCUT2D eigenvalue weighted by atomic mass is 10.3. The van der Waals surface area contributed by atoms with E-state index < -0.39 is 0 Å². The first-order chi connectivity index (χ1) is 8.11. The SMILES string of the molecule is CCCc1nc2cc(N)ccc2n1CC(N)=O. The fourth-order valence-corrected chi connectivity index (χ4v) is 1.94. The standard InChI is InChI=1S/C12H16N4O/c1-2-3-12-15-9-6-8(13)4-5-10(9)16(12)7-11(14)17/h4-6H,2-3,7,13H2,1H3,(H2,14,17). The van der Waals surface area contributed by atoms with Gasteiger partial charge in [-0.2, -0.15) is 0 Å². The van der Waals surface area contributed by atoms with Crippen LogP contribution in [0.2, 0.25) is 0 Å². The number of carbonyl (C=O) groups is 1. The number of rotatable bonds is 4. The van der Waals surface area contributed by atoms with E-state index in [0.29, 0.717) is 5.69 Å². The molecule has 0 aliphatic rings. The van der Waals surface area contributed by atoms with Crippen molar-refractivity contribution in [2.45, 2.75) is 26.3 Å². The van der Waals surface area contributed by atoms with Gasteiger partial charge in [-0.05, 0) is 24.6 Å². The minimum atomic E-state index is -0.363.